The van der Waals surface area contributed by atoms with Gasteiger partial charge in [-0.05, 0) is 27.7 Å². The second-order valence-electron chi connectivity index (χ2n) is 4.88. The Labute approximate surface area is 102 Å². The van der Waals surface area contributed by atoms with Gasteiger partial charge in [-0.1, -0.05) is 0 Å². The molecule has 0 saturated heterocycles. The van der Waals surface area contributed by atoms with Crippen LogP contribution in [0.2, 0.25) is 0 Å². The van der Waals surface area contributed by atoms with Crippen molar-refractivity contribution in [3.8, 4) is 0 Å². The highest BCUT2D eigenvalue weighted by Crippen LogP contribution is 2.23. The number of hydrogen-bond acceptors (Lipinski definition) is 4. The lowest BCUT2D eigenvalue weighted by molar-refractivity contribution is -0.140. The summed E-state index contributed by atoms with van der Waals surface area (Å²) >= 11 is 0. The molecule has 0 N–H and O–H groups in total. The minimum absolute atomic E-state index is 0.0645. The van der Waals surface area contributed by atoms with Crippen LogP contribution in [0, 0.1) is 5.41 Å². The third-order valence-corrected chi connectivity index (χ3v) is 2.80. The summed E-state index contributed by atoms with van der Waals surface area (Å²) < 4.78 is 0. The molecule has 0 radical (unpaired) electrons. The Morgan fingerprint density at radius 2 is 1.00 bits per heavy atom. The van der Waals surface area contributed by atoms with Crippen molar-refractivity contribution in [3.05, 3.63) is 0 Å². The van der Waals surface area contributed by atoms with Gasteiger partial charge in [0.1, 0.15) is 23.1 Å². The van der Waals surface area contributed by atoms with Gasteiger partial charge in [-0.15, -0.1) is 0 Å². The topological polar surface area (TPSA) is 68.3 Å². The van der Waals surface area contributed by atoms with Crippen LogP contribution >= 0.6 is 0 Å². The fourth-order valence-electron chi connectivity index (χ4n) is 1.36. The Morgan fingerprint density at radius 3 is 1.24 bits per heavy atom. The summed E-state index contributed by atoms with van der Waals surface area (Å²) in [6, 6.07) is 0. The lowest BCUT2D eigenvalue weighted by Crippen LogP contribution is -2.33. The highest BCUT2D eigenvalue weighted by molar-refractivity contribution is 6.07. The normalized spacial score (nSPS) is 11.1. The van der Waals surface area contributed by atoms with Gasteiger partial charge in [0.05, 0.1) is 5.41 Å². The largest absolute Gasteiger partial charge is 0.300 e. The smallest absolute Gasteiger partial charge is 0.146 e. The highest BCUT2D eigenvalue weighted by atomic mass is 16.2. The second-order valence-corrected chi connectivity index (χ2v) is 4.88. The van der Waals surface area contributed by atoms with E-state index in [1.807, 2.05) is 0 Å². The van der Waals surface area contributed by atoms with Crippen LogP contribution in [0.3, 0.4) is 0 Å². The van der Waals surface area contributed by atoms with E-state index in [0.29, 0.717) is 0 Å². The average Bonchev–Trinajstić information content (AvgIpc) is 2.21. The molecule has 0 aliphatic carbocycles. The van der Waals surface area contributed by atoms with Crippen LogP contribution in [-0.4, -0.2) is 23.1 Å². The van der Waals surface area contributed by atoms with Crippen LogP contribution in [0.1, 0.15) is 53.4 Å². The molecule has 0 amide bonds. The van der Waals surface area contributed by atoms with E-state index in [1.165, 1.54) is 13.8 Å². The summed E-state index contributed by atoms with van der Waals surface area (Å²) in [5, 5.41) is 0. The molecule has 0 atom stereocenters. The average molecular weight is 240 g/mol. The molecule has 4 heteroatoms. The van der Waals surface area contributed by atoms with Gasteiger partial charge < -0.3 is 9.59 Å². The molecule has 0 bridgehead atoms. The molecular formula is C13H20O4. The first-order valence-corrected chi connectivity index (χ1v) is 5.73. The van der Waals surface area contributed by atoms with E-state index < -0.39 is 5.41 Å². The Kier molecular flexibility index (Phi) is 5.93. The standard InChI is InChI=1S/C13H20O4/c1-9(14)5-7-11(16)13(3,4)12(17)8-6-10(2)15/h5-8H2,1-4H3. The van der Waals surface area contributed by atoms with Crippen LogP contribution in [0.25, 0.3) is 0 Å². The van der Waals surface area contributed by atoms with E-state index in [1.54, 1.807) is 13.8 Å². The quantitative estimate of drug-likeness (QED) is 0.607. The molecule has 0 saturated carbocycles. The number of hydrogen-bond donors (Lipinski definition) is 0. The van der Waals surface area contributed by atoms with E-state index >= 15 is 0 Å². The fraction of sp³-hybridized carbons (Fsp3) is 0.692. The maximum Gasteiger partial charge on any atom is 0.146 e. The highest BCUT2D eigenvalue weighted by Gasteiger charge is 2.34. The molecule has 0 unspecified atom stereocenters. The maximum atomic E-state index is 11.8. The van der Waals surface area contributed by atoms with Crippen molar-refractivity contribution in [1.82, 2.24) is 0 Å². The van der Waals surface area contributed by atoms with Crippen molar-refractivity contribution >= 4 is 23.1 Å². The van der Waals surface area contributed by atoms with Crippen molar-refractivity contribution < 1.29 is 19.2 Å². The fourth-order valence-corrected chi connectivity index (χ4v) is 1.36. The van der Waals surface area contributed by atoms with Gasteiger partial charge in [-0.2, -0.15) is 0 Å². The van der Waals surface area contributed by atoms with Gasteiger partial charge in [-0.25, -0.2) is 0 Å². The Bertz CT molecular complexity index is 307. The minimum Gasteiger partial charge on any atom is -0.300 e. The molecule has 0 aliphatic heterocycles. The molecule has 17 heavy (non-hydrogen) atoms. The Balaban J connectivity index is 4.42. The summed E-state index contributed by atoms with van der Waals surface area (Å²) in [7, 11) is 0. The minimum atomic E-state index is -1.09. The summed E-state index contributed by atoms with van der Waals surface area (Å²) in [4.78, 5) is 45.2. The van der Waals surface area contributed by atoms with Gasteiger partial charge in [-0.3, -0.25) is 9.59 Å². The van der Waals surface area contributed by atoms with Crippen molar-refractivity contribution in [2.75, 3.05) is 0 Å². The van der Waals surface area contributed by atoms with Crippen LogP contribution < -0.4 is 0 Å². The summed E-state index contributed by atoms with van der Waals surface area (Å²) in [6.07, 6.45) is 0.521. The monoisotopic (exact) mass is 240 g/mol. The Morgan fingerprint density at radius 1 is 0.706 bits per heavy atom. The van der Waals surface area contributed by atoms with E-state index in [2.05, 4.69) is 0 Å². The molecule has 0 aromatic carbocycles. The van der Waals surface area contributed by atoms with Crippen molar-refractivity contribution in [3.63, 3.8) is 0 Å². The second kappa shape index (κ2) is 6.42. The van der Waals surface area contributed by atoms with Crippen molar-refractivity contribution in [2.45, 2.75) is 53.4 Å². The molecule has 0 heterocycles. The Hall–Kier alpha value is -1.32. The number of carbonyl (C=O) groups is 4. The van der Waals surface area contributed by atoms with E-state index in [4.69, 9.17) is 0 Å². The lowest BCUT2D eigenvalue weighted by Gasteiger charge is -2.21. The van der Waals surface area contributed by atoms with Crippen LogP contribution in [-0.2, 0) is 19.2 Å². The predicted molar refractivity (Wildman–Crippen MR) is 63.6 cm³/mol. The molecule has 96 valence electrons. The zero-order chi connectivity index (χ0) is 13.6. The summed E-state index contributed by atoms with van der Waals surface area (Å²) in [5.41, 5.74) is -1.09. The number of Topliss-reactive ketones (excluding diaryl/α,β-unsaturated/α-hetero) is 4. The third kappa shape index (κ3) is 5.52. The maximum absolute atomic E-state index is 11.8. The molecule has 0 fully saturated rings. The molecule has 0 aliphatic rings. The van der Waals surface area contributed by atoms with Gasteiger partial charge in [0.25, 0.3) is 0 Å². The first kappa shape index (κ1) is 15.7. The molecule has 0 spiro atoms. The molecule has 0 aromatic heterocycles. The zero-order valence-electron chi connectivity index (χ0n) is 11.0. The molecule has 0 rings (SSSR count). The molecule has 0 aromatic rings. The van der Waals surface area contributed by atoms with Crippen molar-refractivity contribution in [1.29, 1.82) is 0 Å². The molecular weight excluding hydrogens is 220 g/mol. The SMILES string of the molecule is CC(=O)CCC(=O)C(C)(C)C(=O)CCC(C)=O. The van der Waals surface area contributed by atoms with Gasteiger partial charge in [0.2, 0.25) is 0 Å². The summed E-state index contributed by atoms with van der Waals surface area (Å²) in [5.74, 6) is -0.599. The zero-order valence-corrected chi connectivity index (χ0v) is 11.0. The lowest BCUT2D eigenvalue weighted by atomic mass is 9.79. The van der Waals surface area contributed by atoms with Crippen LogP contribution in [0.5, 0.6) is 0 Å². The first-order valence-electron chi connectivity index (χ1n) is 5.73. The molecule has 4 nitrogen and oxygen atoms in total. The van der Waals surface area contributed by atoms with Gasteiger partial charge >= 0.3 is 0 Å². The number of carbonyl (C=O) groups excluding carboxylic acids is 4. The summed E-state index contributed by atoms with van der Waals surface area (Å²) in [6.45, 7) is 5.94. The number of ketones is 4. The van der Waals surface area contributed by atoms with E-state index in [0.717, 1.165) is 0 Å². The predicted octanol–water partition coefficient (Wildman–Crippen LogP) is 1.89. The van der Waals surface area contributed by atoms with Crippen LogP contribution in [0.4, 0.5) is 0 Å². The van der Waals surface area contributed by atoms with E-state index in [-0.39, 0.29) is 48.8 Å². The van der Waals surface area contributed by atoms with Crippen LogP contribution in [0.15, 0.2) is 0 Å². The number of rotatable bonds is 8. The van der Waals surface area contributed by atoms with E-state index in [9.17, 15) is 19.2 Å². The van der Waals surface area contributed by atoms with Crippen molar-refractivity contribution in [2.24, 2.45) is 5.41 Å². The van der Waals surface area contributed by atoms with Gasteiger partial charge in [0.15, 0.2) is 0 Å². The third-order valence-electron chi connectivity index (χ3n) is 2.80. The van der Waals surface area contributed by atoms with Gasteiger partial charge in [0, 0.05) is 25.7 Å². The first-order chi connectivity index (χ1) is 7.67.